The Kier molecular flexibility index (Phi) is 2.60. The lowest BCUT2D eigenvalue weighted by Gasteiger charge is -2.16. The van der Waals surface area contributed by atoms with Crippen LogP contribution in [-0.4, -0.2) is 17.3 Å². The monoisotopic (exact) mass is 231 g/mol. The fourth-order valence-electron chi connectivity index (χ4n) is 1.41. The number of aliphatic hydroxyl groups is 1. The standard InChI is InChI=1S/C10H11Cl2NO/c11-7-3-8(12)5-9(4-7)13-10(6-14)1-2-10/h3-5,13-14H,1-2,6H2. The molecule has 2 rings (SSSR count). The molecule has 2 nitrogen and oxygen atoms in total. The molecule has 0 spiro atoms. The van der Waals surface area contributed by atoms with Gasteiger partial charge in [-0.1, -0.05) is 23.2 Å². The molecule has 0 bridgehead atoms. The van der Waals surface area contributed by atoms with Crippen LogP contribution in [-0.2, 0) is 0 Å². The van der Waals surface area contributed by atoms with Crippen molar-refractivity contribution in [2.24, 2.45) is 0 Å². The van der Waals surface area contributed by atoms with Gasteiger partial charge >= 0.3 is 0 Å². The highest BCUT2D eigenvalue weighted by Gasteiger charge is 2.41. The summed E-state index contributed by atoms with van der Waals surface area (Å²) in [7, 11) is 0. The number of aliphatic hydroxyl groups excluding tert-OH is 1. The van der Waals surface area contributed by atoms with Crippen LogP contribution in [0.25, 0.3) is 0 Å². The summed E-state index contributed by atoms with van der Waals surface area (Å²) in [5.74, 6) is 0. The Morgan fingerprint density at radius 2 is 1.79 bits per heavy atom. The molecule has 0 unspecified atom stereocenters. The predicted octanol–water partition coefficient (Wildman–Crippen LogP) is 2.93. The number of nitrogens with one attached hydrogen (secondary N) is 1. The van der Waals surface area contributed by atoms with E-state index in [1.807, 2.05) is 12.1 Å². The molecule has 1 aliphatic carbocycles. The zero-order valence-corrected chi connectivity index (χ0v) is 9.07. The molecule has 1 aliphatic rings. The van der Waals surface area contributed by atoms with E-state index in [9.17, 15) is 0 Å². The molecule has 0 aliphatic heterocycles. The van der Waals surface area contributed by atoms with Crippen LogP contribution in [0.4, 0.5) is 5.69 Å². The lowest BCUT2D eigenvalue weighted by atomic mass is 10.2. The second-order valence-corrected chi connectivity index (χ2v) is 4.59. The van der Waals surface area contributed by atoms with Crippen molar-refractivity contribution in [1.29, 1.82) is 0 Å². The summed E-state index contributed by atoms with van der Waals surface area (Å²) in [4.78, 5) is 0. The summed E-state index contributed by atoms with van der Waals surface area (Å²) in [5, 5.41) is 13.6. The number of hydrogen-bond donors (Lipinski definition) is 2. The molecular weight excluding hydrogens is 221 g/mol. The Balaban J connectivity index is 2.16. The zero-order valence-electron chi connectivity index (χ0n) is 7.56. The normalized spacial score (nSPS) is 17.9. The van der Waals surface area contributed by atoms with Crippen LogP contribution < -0.4 is 5.32 Å². The molecule has 0 atom stereocenters. The van der Waals surface area contributed by atoms with Crippen LogP contribution in [0.1, 0.15) is 12.8 Å². The second-order valence-electron chi connectivity index (χ2n) is 3.72. The van der Waals surface area contributed by atoms with Crippen LogP contribution in [0.5, 0.6) is 0 Å². The highest BCUT2D eigenvalue weighted by atomic mass is 35.5. The van der Waals surface area contributed by atoms with Crippen molar-refractivity contribution in [2.75, 3.05) is 11.9 Å². The summed E-state index contributed by atoms with van der Waals surface area (Å²) in [6, 6.07) is 5.30. The van der Waals surface area contributed by atoms with Gasteiger partial charge in [0, 0.05) is 15.7 Å². The first-order valence-corrected chi connectivity index (χ1v) is 5.24. The topological polar surface area (TPSA) is 32.3 Å². The maximum atomic E-state index is 9.13. The van der Waals surface area contributed by atoms with Crippen molar-refractivity contribution in [2.45, 2.75) is 18.4 Å². The third-order valence-electron chi connectivity index (χ3n) is 2.43. The molecule has 0 amide bonds. The van der Waals surface area contributed by atoms with E-state index >= 15 is 0 Å². The molecular formula is C10H11Cl2NO. The van der Waals surface area contributed by atoms with Crippen LogP contribution >= 0.6 is 23.2 Å². The summed E-state index contributed by atoms with van der Waals surface area (Å²) in [6.07, 6.45) is 1.99. The third kappa shape index (κ3) is 2.14. The average Bonchev–Trinajstić information content (AvgIpc) is 2.83. The molecule has 0 aromatic heterocycles. The van der Waals surface area contributed by atoms with E-state index in [4.69, 9.17) is 28.3 Å². The lowest BCUT2D eigenvalue weighted by Crippen LogP contribution is -2.25. The molecule has 1 fully saturated rings. The highest BCUT2D eigenvalue weighted by Crippen LogP contribution is 2.39. The van der Waals surface area contributed by atoms with E-state index in [-0.39, 0.29) is 12.1 Å². The van der Waals surface area contributed by atoms with Crippen LogP contribution in [0, 0.1) is 0 Å². The van der Waals surface area contributed by atoms with Crippen molar-refractivity contribution in [3.05, 3.63) is 28.2 Å². The van der Waals surface area contributed by atoms with E-state index in [1.54, 1.807) is 6.07 Å². The zero-order chi connectivity index (χ0) is 10.2. The SMILES string of the molecule is OCC1(Nc2cc(Cl)cc(Cl)c2)CC1. The minimum atomic E-state index is -0.131. The molecule has 0 saturated heterocycles. The van der Waals surface area contributed by atoms with E-state index in [0.717, 1.165) is 18.5 Å². The number of hydrogen-bond acceptors (Lipinski definition) is 2. The maximum absolute atomic E-state index is 9.13. The highest BCUT2D eigenvalue weighted by molar-refractivity contribution is 6.35. The van der Waals surface area contributed by atoms with Gasteiger partial charge in [-0.05, 0) is 31.0 Å². The fraction of sp³-hybridized carbons (Fsp3) is 0.400. The molecule has 1 aromatic rings. The fourth-order valence-corrected chi connectivity index (χ4v) is 1.93. The number of benzene rings is 1. The molecule has 1 saturated carbocycles. The molecule has 1 aromatic carbocycles. The molecule has 14 heavy (non-hydrogen) atoms. The Hall–Kier alpha value is -0.440. The van der Waals surface area contributed by atoms with Crippen LogP contribution in [0.2, 0.25) is 10.0 Å². The maximum Gasteiger partial charge on any atom is 0.0661 e. The van der Waals surface area contributed by atoms with E-state index in [2.05, 4.69) is 5.32 Å². The average molecular weight is 232 g/mol. The number of anilines is 1. The molecule has 2 N–H and O–H groups in total. The van der Waals surface area contributed by atoms with Gasteiger partial charge in [0.05, 0.1) is 12.1 Å². The quantitative estimate of drug-likeness (QED) is 0.839. The lowest BCUT2D eigenvalue weighted by molar-refractivity contribution is 0.266. The first kappa shape index (κ1) is 10.1. The first-order chi connectivity index (χ1) is 6.63. The molecule has 0 radical (unpaired) electrons. The van der Waals surface area contributed by atoms with Crippen molar-refractivity contribution in [3.8, 4) is 0 Å². The van der Waals surface area contributed by atoms with Crippen LogP contribution in [0.3, 0.4) is 0 Å². The van der Waals surface area contributed by atoms with Crippen molar-refractivity contribution < 1.29 is 5.11 Å². The first-order valence-electron chi connectivity index (χ1n) is 4.49. The molecule has 4 heteroatoms. The summed E-state index contributed by atoms with van der Waals surface area (Å²) in [6.45, 7) is 0.150. The van der Waals surface area contributed by atoms with Crippen molar-refractivity contribution in [3.63, 3.8) is 0 Å². The second kappa shape index (κ2) is 3.61. The minimum Gasteiger partial charge on any atom is -0.394 e. The van der Waals surface area contributed by atoms with Gasteiger partial charge in [0.25, 0.3) is 0 Å². The minimum absolute atomic E-state index is 0.131. The molecule has 76 valence electrons. The van der Waals surface area contributed by atoms with Gasteiger partial charge in [0.1, 0.15) is 0 Å². The summed E-state index contributed by atoms with van der Waals surface area (Å²) >= 11 is 11.7. The van der Waals surface area contributed by atoms with Gasteiger partial charge in [-0.15, -0.1) is 0 Å². The number of halogens is 2. The van der Waals surface area contributed by atoms with Crippen molar-refractivity contribution in [1.82, 2.24) is 0 Å². The predicted molar refractivity (Wildman–Crippen MR) is 59.1 cm³/mol. The van der Waals surface area contributed by atoms with Gasteiger partial charge in [-0.25, -0.2) is 0 Å². The van der Waals surface area contributed by atoms with E-state index in [0.29, 0.717) is 10.0 Å². The number of rotatable bonds is 3. The summed E-state index contributed by atoms with van der Waals surface area (Å²) < 4.78 is 0. The largest absolute Gasteiger partial charge is 0.394 e. The van der Waals surface area contributed by atoms with E-state index < -0.39 is 0 Å². The summed E-state index contributed by atoms with van der Waals surface area (Å²) in [5.41, 5.74) is 0.739. The Morgan fingerprint density at radius 3 is 2.21 bits per heavy atom. The Bertz CT molecular complexity index is 330. The Morgan fingerprint density at radius 1 is 1.21 bits per heavy atom. The van der Waals surface area contributed by atoms with Gasteiger partial charge in [0.2, 0.25) is 0 Å². The van der Waals surface area contributed by atoms with Gasteiger partial charge < -0.3 is 10.4 Å². The smallest absolute Gasteiger partial charge is 0.0661 e. The Labute approximate surface area is 92.8 Å². The van der Waals surface area contributed by atoms with E-state index in [1.165, 1.54) is 0 Å². The molecule has 0 heterocycles. The van der Waals surface area contributed by atoms with Crippen molar-refractivity contribution >= 4 is 28.9 Å². The third-order valence-corrected chi connectivity index (χ3v) is 2.86. The van der Waals surface area contributed by atoms with Gasteiger partial charge in [-0.3, -0.25) is 0 Å². The van der Waals surface area contributed by atoms with Crippen LogP contribution in [0.15, 0.2) is 18.2 Å². The van der Waals surface area contributed by atoms with Gasteiger partial charge in [-0.2, -0.15) is 0 Å². The van der Waals surface area contributed by atoms with Gasteiger partial charge in [0.15, 0.2) is 0 Å².